The number of fused-ring (bicyclic) bond motifs is 2. The van der Waals surface area contributed by atoms with E-state index in [1.54, 1.807) is 4.90 Å². The SMILES string of the molecule is C=C(C)c1cc(N(C)C(=O)C(C)N2CCOCC2)cc2[nH]c(-c3n[nH]c4c3CCC(C)(C)C4)cc12. The summed E-state index contributed by atoms with van der Waals surface area (Å²) >= 11 is 0. The molecule has 2 aromatic heterocycles. The fourth-order valence-corrected chi connectivity index (χ4v) is 5.50. The molecule has 2 aliphatic rings. The minimum atomic E-state index is -0.202. The molecule has 1 saturated heterocycles. The number of nitrogens with one attached hydrogen (secondary N) is 2. The van der Waals surface area contributed by atoms with Crippen LogP contribution in [0.1, 0.15) is 50.9 Å². The molecule has 3 aromatic rings. The molecule has 1 unspecified atom stereocenters. The average Bonchev–Trinajstić information content (AvgIpc) is 3.45. The van der Waals surface area contributed by atoms with Gasteiger partial charge < -0.3 is 14.6 Å². The number of anilines is 1. The van der Waals surface area contributed by atoms with Gasteiger partial charge in [0.15, 0.2) is 0 Å². The number of H-pyrrole nitrogens is 2. The Bertz CT molecular complexity index is 1280. The van der Waals surface area contributed by atoms with Gasteiger partial charge >= 0.3 is 0 Å². The average molecular weight is 476 g/mol. The molecule has 5 rings (SSSR count). The largest absolute Gasteiger partial charge is 0.379 e. The number of carbonyl (C=O) groups excluding carboxylic acids is 1. The van der Waals surface area contributed by atoms with Crippen LogP contribution in [0.4, 0.5) is 5.69 Å². The lowest BCUT2D eigenvalue weighted by molar-refractivity contribution is -0.124. The Labute approximate surface area is 207 Å². The Morgan fingerprint density at radius 1 is 1.26 bits per heavy atom. The lowest BCUT2D eigenvalue weighted by atomic mass is 9.76. The number of carbonyl (C=O) groups is 1. The van der Waals surface area contributed by atoms with Gasteiger partial charge in [0.2, 0.25) is 5.91 Å². The van der Waals surface area contributed by atoms with E-state index in [-0.39, 0.29) is 11.9 Å². The van der Waals surface area contributed by atoms with Crippen LogP contribution in [0.3, 0.4) is 0 Å². The highest BCUT2D eigenvalue weighted by molar-refractivity contribution is 6.02. The molecular weight excluding hydrogens is 438 g/mol. The summed E-state index contributed by atoms with van der Waals surface area (Å²) in [6.07, 6.45) is 3.20. The number of aromatic amines is 2. The summed E-state index contributed by atoms with van der Waals surface area (Å²) in [6.45, 7) is 15.8. The lowest BCUT2D eigenvalue weighted by Crippen LogP contribution is -2.50. The van der Waals surface area contributed by atoms with Crippen molar-refractivity contribution in [2.24, 2.45) is 5.41 Å². The molecule has 0 saturated carbocycles. The smallest absolute Gasteiger partial charge is 0.243 e. The van der Waals surface area contributed by atoms with E-state index in [0.717, 1.165) is 71.5 Å². The number of morpholine rings is 1. The molecule has 1 aromatic carbocycles. The van der Waals surface area contributed by atoms with E-state index in [9.17, 15) is 4.79 Å². The fourth-order valence-electron chi connectivity index (χ4n) is 5.50. The zero-order chi connectivity index (χ0) is 24.9. The van der Waals surface area contributed by atoms with Crippen LogP contribution >= 0.6 is 0 Å². The van der Waals surface area contributed by atoms with Crippen molar-refractivity contribution in [2.45, 2.75) is 53.0 Å². The van der Waals surface area contributed by atoms with Crippen molar-refractivity contribution in [3.05, 3.63) is 41.6 Å². The van der Waals surface area contributed by atoms with Gasteiger partial charge in [-0.1, -0.05) is 26.0 Å². The minimum absolute atomic E-state index is 0.0784. The Morgan fingerprint density at radius 2 is 2.00 bits per heavy atom. The molecule has 35 heavy (non-hydrogen) atoms. The molecule has 7 nitrogen and oxygen atoms in total. The lowest BCUT2D eigenvalue weighted by Gasteiger charge is -2.33. The Balaban J connectivity index is 1.50. The van der Waals surface area contributed by atoms with Crippen LogP contribution in [0.2, 0.25) is 0 Å². The summed E-state index contributed by atoms with van der Waals surface area (Å²) < 4.78 is 5.45. The summed E-state index contributed by atoms with van der Waals surface area (Å²) in [6, 6.07) is 6.12. The summed E-state index contributed by atoms with van der Waals surface area (Å²) in [7, 11) is 1.86. The summed E-state index contributed by atoms with van der Waals surface area (Å²) in [5.41, 5.74) is 8.74. The van der Waals surface area contributed by atoms with Crippen LogP contribution in [0.25, 0.3) is 27.9 Å². The van der Waals surface area contributed by atoms with Crippen LogP contribution in [-0.4, -0.2) is 65.4 Å². The van der Waals surface area contributed by atoms with E-state index in [1.165, 1.54) is 11.3 Å². The second-order valence-corrected chi connectivity index (χ2v) is 11.0. The number of rotatable bonds is 5. The van der Waals surface area contributed by atoms with Crippen molar-refractivity contribution in [3.63, 3.8) is 0 Å². The van der Waals surface area contributed by atoms with E-state index in [4.69, 9.17) is 9.84 Å². The molecular formula is C28H37N5O2. The highest BCUT2D eigenvalue weighted by Crippen LogP contribution is 2.39. The van der Waals surface area contributed by atoms with Crippen LogP contribution < -0.4 is 4.90 Å². The molecule has 2 N–H and O–H groups in total. The number of hydrogen-bond donors (Lipinski definition) is 2. The number of amides is 1. The third-order valence-electron chi connectivity index (χ3n) is 7.77. The van der Waals surface area contributed by atoms with Crippen molar-refractivity contribution in [1.29, 1.82) is 0 Å². The Morgan fingerprint density at radius 3 is 2.71 bits per heavy atom. The van der Waals surface area contributed by atoms with Crippen molar-refractivity contribution in [2.75, 3.05) is 38.3 Å². The van der Waals surface area contributed by atoms with Gasteiger partial charge in [0.25, 0.3) is 0 Å². The van der Waals surface area contributed by atoms with Gasteiger partial charge in [-0.25, -0.2) is 0 Å². The van der Waals surface area contributed by atoms with Gasteiger partial charge in [0.05, 0.1) is 24.9 Å². The van der Waals surface area contributed by atoms with Crippen molar-refractivity contribution >= 4 is 28.1 Å². The standard InChI is InChI=1S/C28H37N5O2/c1-17(2)21-13-19(32(6)27(34)18(3)33-9-11-35-12-10-33)14-23-22(21)15-24(29-23)26-20-7-8-28(4,5)16-25(20)30-31-26/h13-15,18,29H,1,7-12,16H2,2-6H3,(H,30,31). The van der Waals surface area contributed by atoms with E-state index in [2.05, 4.69) is 53.6 Å². The van der Waals surface area contributed by atoms with Crippen LogP contribution in [0.15, 0.2) is 24.8 Å². The zero-order valence-corrected chi connectivity index (χ0v) is 21.6. The molecule has 1 fully saturated rings. The predicted molar refractivity (Wildman–Crippen MR) is 142 cm³/mol. The molecule has 0 radical (unpaired) electrons. The highest BCUT2D eigenvalue weighted by Gasteiger charge is 2.30. The van der Waals surface area contributed by atoms with Gasteiger partial charge in [-0.15, -0.1) is 0 Å². The van der Waals surface area contributed by atoms with E-state index in [0.29, 0.717) is 18.6 Å². The van der Waals surface area contributed by atoms with Crippen LogP contribution in [0, 0.1) is 5.41 Å². The van der Waals surface area contributed by atoms with Crippen LogP contribution in [0.5, 0.6) is 0 Å². The maximum atomic E-state index is 13.4. The molecule has 3 heterocycles. The third kappa shape index (κ3) is 4.43. The first kappa shape index (κ1) is 23.8. The van der Waals surface area contributed by atoms with Crippen LogP contribution in [-0.2, 0) is 22.4 Å². The number of aromatic nitrogens is 3. The summed E-state index contributed by atoms with van der Waals surface area (Å²) in [5.74, 6) is 0.0784. The molecule has 1 aliphatic carbocycles. The highest BCUT2D eigenvalue weighted by atomic mass is 16.5. The monoisotopic (exact) mass is 475 g/mol. The van der Waals surface area contributed by atoms with Gasteiger partial charge in [-0.3, -0.25) is 14.8 Å². The molecule has 1 aliphatic heterocycles. The first-order valence-electron chi connectivity index (χ1n) is 12.6. The Kier molecular flexibility index (Phi) is 6.09. The Hall–Kier alpha value is -2.90. The maximum absolute atomic E-state index is 13.4. The van der Waals surface area contributed by atoms with Gasteiger partial charge in [0, 0.05) is 48.0 Å². The number of benzene rings is 1. The quantitative estimate of drug-likeness (QED) is 0.556. The van der Waals surface area contributed by atoms with Crippen molar-refractivity contribution < 1.29 is 9.53 Å². The fraction of sp³-hybridized carbons (Fsp3) is 0.500. The van der Waals surface area contributed by atoms with Crippen molar-refractivity contribution in [3.8, 4) is 11.4 Å². The number of ether oxygens (including phenoxy) is 1. The molecule has 186 valence electrons. The molecule has 0 spiro atoms. The van der Waals surface area contributed by atoms with Gasteiger partial charge in [-0.05, 0) is 62.3 Å². The predicted octanol–water partition coefficient (Wildman–Crippen LogP) is 4.79. The summed E-state index contributed by atoms with van der Waals surface area (Å²) in [4.78, 5) is 20.9. The van der Waals surface area contributed by atoms with Gasteiger partial charge in [0.1, 0.15) is 5.69 Å². The topological polar surface area (TPSA) is 77.2 Å². The second kappa shape index (κ2) is 8.95. The minimum Gasteiger partial charge on any atom is -0.379 e. The molecule has 7 heteroatoms. The molecule has 0 bridgehead atoms. The third-order valence-corrected chi connectivity index (χ3v) is 7.77. The normalized spacial score (nSPS) is 18.9. The van der Waals surface area contributed by atoms with E-state index >= 15 is 0 Å². The second-order valence-electron chi connectivity index (χ2n) is 11.0. The van der Waals surface area contributed by atoms with E-state index in [1.807, 2.05) is 20.9 Å². The van der Waals surface area contributed by atoms with E-state index < -0.39 is 0 Å². The maximum Gasteiger partial charge on any atom is 0.243 e. The zero-order valence-electron chi connectivity index (χ0n) is 21.6. The summed E-state index contributed by atoms with van der Waals surface area (Å²) in [5, 5.41) is 9.10. The first-order valence-corrected chi connectivity index (χ1v) is 12.6. The number of hydrogen-bond acceptors (Lipinski definition) is 4. The molecule has 1 amide bonds. The number of nitrogens with zero attached hydrogens (tertiary/aromatic N) is 3. The first-order chi connectivity index (χ1) is 16.6. The molecule has 1 atom stereocenters. The number of likely N-dealkylation sites (N-methyl/N-ethyl adjacent to an activating group) is 1. The van der Waals surface area contributed by atoms with Crippen molar-refractivity contribution in [1.82, 2.24) is 20.1 Å². The number of allylic oxidation sites excluding steroid dienone is 1. The van der Waals surface area contributed by atoms with Gasteiger partial charge in [-0.2, -0.15) is 5.10 Å².